The van der Waals surface area contributed by atoms with Crippen LogP contribution in [0.1, 0.15) is 17.2 Å². The first-order valence-electron chi connectivity index (χ1n) is 5.78. The van der Waals surface area contributed by atoms with Gasteiger partial charge in [-0.2, -0.15) is 5.10 Å². The Bertz CT molecular complexity index is 670. The standard InChI is InChI=1S/C13H14N4S/c1-17-8-9(6-16-17)4-11(14)10-5-13-12(15-7-10)2-3-18-13/h2-3,5-8,11H,4,14H2,1H3. The van der Waals surface area contributed by atoms with Crippen LogP contribution in [0.4, 0.5) is 0 Å². The third-order valence-corrected chi connectivity index (χ3v) is 3.82. The zero-order chi connectivity index (χ0) is 12.5. The molecular formula is C13H14N4S. The Morgan fingerprint density at radius 3 is 3.11 bits per heavy atom. The van der Waals surface area contributed by atoms with Gasteiger partial charge in [0.1, 0.15) is 0 Å². The van der Waals surface area contributed by atoms with E-state index in [4.69, 9.17) is 5.73 Å². The third kappa shape index (κ3) is 2.14. The molecule has 0 radical (unpaired) electrons. The van der Waals surface area contributed by atoms with Gasteiger partial charge in [-0.1, -0.05) is 0 Å². The van der Waals surface area contributed by atoms with E-state index in [1.54, 1.807) is 16.0 Å². The summed E-state index contributed by atoms with van der Waals surface area (Å²) in [6.45, 7) is 0. The van der Waals surface area contributed by atoms with Crippen LogP contribution in [0.25, 0.3) is 10.2 Å². The number of thiophene rings is 1. The van der Waals surface area contributed by atoms with Crippen molar-refractivity contribution in [3.05, 3.63) is 47.2 Å². The van der Waals surface area contributed by atoms with Crippen LogP contribution in [0, 0.1) is 0 Å². The molecule has 18 heavy (non-hydrogen) atoms. The van der Waals surface area contributed by atoms with E-state index in [-0.39, 0.29) is 6.04 Å². The molecule has 4 nitrogen and oxygen atoms in total. The highest BCUT2D eigenvalue weighted by molar-refractivity contribution is 7.17. The minimum absolute atomic E-state index is 0.0341. The molecule has 3 heterocycles. The van der Waals surface area contributed by atoms with Gasteiger partial charge in [-0.15, -0.1) is 11.3 Å². The van der Waals surface area contributed by atoms with Crippen molar-refractivity contribution < 1.29 is 0 Å². The predicted molar refractivity (Wildman–Crippen MR) is 73.5 cm³/mol. The van der Waals surface area contributed by atoms with Crippen LogP contribution in [0.2, 0.25) is 0 Å². The Balaban J connectivity index is 1.84. The lowest BCUT2D eigenvalue weighted by molar-refractivity contribution is 0.717. The number of fused-ring (bicyclic) bond motifs is 1. The summed E-state index contributed by atoms with van der Waals surface area (Å²) in [5.41, 5.74) is 9.49. The fourth-order valence-electron chi connectivity index (χ4n) is 2.01. The van der Waals surface area contributed by atoms with Crippen molar-refractivity contribution in [3.63, 3.8) is 0 Å². The summed E-state index contributed by atoms with van der Waals surface area (Å²) in [5, 5.41) is 6.20. The van der Waals surface area contributed by atoms with E-state index in [0.29, 0.717) is 0 Å². The zero-order valence-corrected chi connectivity index (χ0v) is 10.9. The zero-order valence-electron chi connectivity index (χ0n) is 10.1. The molecule has 0 fully saturated rings. The maximum absolute atomic E-state index is 6.22. The summed E-state index contributed by atoms with van der Waals surface area (Å²) in [6.07, 6.45) is 6.51. The van der Waals surface area contributed by atoms with Crippen LogP contribution < -0.4 is 5.73 Å². The molecule has 2 N–H and O–H groups in total. The molecule has 3 aromatic heterocycles. The van der Waals surface area contributed by atoms with Crippen molar-refractivity contribution in [2.75, 3.05) is 0 Å². The van der Waals surface area contributed by atoms with Gasteiger partial charge in [0.05, 0.1) is 16.4 Å². The predicted octanol–water partition coefficient (Wildman–Crippen LogP) is 2.27. The van der Waals surface area contributed by atoms with Crippen molar-refractivity contribution in [1.82, 2.24) is 14.8 Å². The molecule has 1 unspecified atom stereocenters. The van der Waals surface area contributed by atoms with E-state index < -0.39 is 0 Å². The van der Waals surface area contributed by atoms with Gasteiger partial charge in [0, 0.05) is 25.5 Å². The molecule has 3 aromatic rings. The van der Waals surface area contributed by atoms with Gasteiger partial charge in [0.15, 0.2) is 0 Å². The first-order chi connectivity index (χ1) is 8.72. The van der Waals surface area contributed by atoms with Crippen LogP contribution in [-0.4, -0.2) is 14.8 Å². The maximum atomic E-state index is 6.22. The number of pyridine rings is 1. The first kappa shape index (κ1) is 11.4. The molecule has 5 heteroatoms. The van der Waals surface area contributed by atoms with Crippen molar-refractivity contribution in [2.45, 2.75) is 12.5 Å². The second kappa shape index (κ2) is 4.51. The van der Waals surface area contributed by atoms with Crippen LogP contribution in [-0.2, 0) is 13.5 Å². The smallest absolute Gasteiger partial charge is 0.0809 e. The van der Waals surface area contributed by atoms with E-state index in [9.17, 15) is 0 Å². The lowest BCUT2D eigenvalue weighted by atomic mass is 10.0. The molecule has 1 atom stereocenters. The minimum atomic E-state index is -0.0341. The Morgan fingerprint density at radius 1 is 1.44 bits per heavy atom. The second-order valence-corrected chi connectivity index (χ2v) is 5.35. The van der Waals surface area contributed by atoms with E-state index in [1.165, 1.54) is 4.70 Å². The van der Waals surface area contributed by atoms with E-state index in [0.717, 1.165) is 23.1 Å². The molecular weight excluding hydrogens is 244 g/mol. The summed E-state index contributed by atoms with van der Waals surface area (Å²) in [5.74, 6) is 0. The largest absolute Gasteiger partial charge is 0.324 e. The summed E-state index contributed by atoms with van der Waals surface area (Å²) >= 11 is 1.69. The van der Waals surface area contributed by atoms with Crippen molar-refractivity contribution in [2.24, 2.45) is 12.8 Å². The topological polar surface area (TPSA) is 56.7 Å². The number of nitrogens with two attached hydrogens (primary N) is 1. The highest BCUT2D eigenvalue weighted by Crippen LogP contribution is 2.23. The first-order valence-corrected chi connectivity index (χ1v) is 6.66. The molecule has 0 aliphatic rings. The summed E-state index contributed by atoms with van der Waals surface area (Å²) in [7, 11) is 1.91. The van der Waals surface area contributed by atoms with E-state index in [1.807, 2.05) is 37.1 Å². The average molecular weight is 258 g/mol. The van der Waals surface area contributed by atoms with Gasteiger partial charge >= 0.3 is 0 Å². The van der Waals surface area contributed by atoms with Crippen molar-refractivity contribution >= 4 is 21.6 Å². The normalized spacial score (nSPS) is 13.0. The van der Waals surface area contributed by atoms with Gasteiger partial charge < -0.3 is 5.73 Å². The van der Waals surface area contributed by atoms with Gasteiger partial charge in [0.25, 0.3) is 0 Å². The number of hydrogen-bond donors (Lipinski definition) is 1. The molecule has 0 saturated carbocycles. The number of aromatic nitrogens is 3. The summed E-state index contributed by atoms with van der Waals surface area (Å²) in [6, 6.07) is 4.12. The molecule has 0 spiro atoms. The van der Waals surface area contributed by atoms with Gasteiger partial charge in [-0.3, -0.25) is 9.67 Å². The number of hydrogen-bond acceptors (Lipinski definition) is 4. The van der Waals surface area contributed by atoms with Crippen LogP contribution in [0.3, 0.4) is 0 Å². The summed E-state index contributed by atoms with van der Waals surface area (Å²) in [4.78, 5) is 4.42. The molecule has 0 bridgehead atoms. The van der Waals surface area contributed by atoms with Crippen molar-refractivity contribution in [1.29, 1.82) is 0 Å². The number of nitrogens with zero attached hydrogens (tertiary/aromatic N) is 3. The second-order valence-electron chi connectivity index (χ2n) is 4.41. The molecule has 0 amide bonds. The molecule has 92 valence electrons. The number of rotatable bonds is 3. The molecule has 0 saturated heterocycles. The van der Waals surface area contributed by atoms with Crippen LogP contribution >= 0.6 is 11.3 Å². The SMILES string of the molecule is Cn1cc(CC(N)c2cnc3ccsc3c2)cn1. The van der Waals surface area contributed by atoms with Crippen molar-refractivity contribution in [3.8, 4) is 0 Å². The van der Waals surface area contributed by atoms with E-state index >= 15 is 0 Å². The van der Waals surface area contributed by atoms with E-state index in [2.05, 4.69) is 16.1 Å². The molecule has 0 aliphatic carbocycles. The Labute approximate surface area is 109 Å². The van der Waals surface area contributed by atoms with Crippen LogP contribution in [0.5, 0.6) is 0 Å². The van der Waals surface area contributed by atoms with Crippen LogP contribution in [0.15, 0.2) is 36.1 Å². The lowest BCUT2D eigenvalue weighted by Crippen LogP contribution is -2.13. The fraction of sp³-hybridized carbons (Fsp3) is 0.231. The lowest BCUT2D eigenvalue weighted by Gasteiger charge is -2.10. The highest BCUT2D eigenvalue weighted by atomic mass is 32.1. The Hall–Kier alpha value is -1.72. The molecule has 3 rings (SSSR count). The quantitative estimate of drug-likeness (QED) is 0.784. The maximum Gasteiger partial charge on any atom is 0.0809 e. The van der Waals surface area contributed by atoms with Gasteiger partial charge in [-0.05, 0) is 35.1 Å². The summed E-state index contributed by atoms with van der Waals surface area (Å²) < 4.78 is 2.98. The third-order valence-electron chi connectivity index (χ3n) is 2.97. The monoisotopic (exact) mass is 258 g/mol. The number of aryl methyl sites for hydroxylation is 1. The highest BCUT2D eigenvalue weighted by Gasteiger charge is 2.10. The minimum Gasteiger partial charge on any atom is -0.324 e. The molecule has 0 aliphatic heterocycles. The van der Waals surface area contributed by atoms with Gasteiger partial charge in [-0.25, -0.2) is 0 Å². The Morgan fingerprint density at radius 2 is 2.33 bits per heavy atom. The fourth-order valence-corrected chi connectivity index (χ4v) is 2.80. The van der Waals surface area contributed by atoms with Gasteiger partial charge in [0.2, 0.25) is 0 Å². The molecule has 0 aromatic carbocycles. The average Bonchev–Trinajstić information content (AvgIpc) is 2.96. The Kier molecular flexibility index (Phi) is 2.85.